The van der Waals surface area contributed by atoms with Crippen LogP contribution >= 0.6 is 0 Å². The third-order valence-electron chi connectivity index (χ3n) is 14.1. The van der Waals surface area contributed by atoms with Gasteiger partial charge in [0.2, 0.25) is 0 Å². The second kappa shape index (κ2) is 15.8. The van der Waals surface area contributed by atoms with E-state index in [1.165, 1.54) is 82.6 Å². The topological polar surface area (TPSA) is 8.17 Å². The first-order valence-electron chi connectivity index (χ1n) is 23.2. The molecule has 0 radical (unpaired) electrons. The number of para-hydroxylation sites is 3. The van der Waals surface area contributed by atoms with E-state index in [0.29, 0.717) is 0 Å². The first-order valence-corrected chi connectivity index (χ1v) is 23.2. The van der Waals surface area contributed by atoms with Crippen LogP contribution in [0.4, 0.5) is 17.1 Å². The second-order valence-corrected chi connectivity index (χ2v) is 17.6. The van der Waals surface area contributed by atoms with Crippen molar-refractivity contribution in [2.24, 2.45) is 0 Å². The number of aromatic nitrogens is 1. The fourth-order valence-corrected chi connectivity index (χ4v) is 11.1. The lowest BCUT2D eigenvalue weighted by atomic mass is 9.67. The molecule has 0 bridgehead atoms. The van der Waals surface area contributed by atoms with E-state index in [9.17, 15) is 0 Å². The van der Waals surface area contributed by atoms with Crippen molar-refractivity contribution in [3.63, 3.8) is 0 Å². The Morgan fingerprint density at radius 2 is 0.866 bits per heavy atom. The van der Waals surface area contributed by atoms with Gasteiger partial charge in [-0.05, 0) is 104 Å². The Bertz CT molecular complexity index is 3750. The molecule has 314 valence electrons. The van der Waals surface area contributed by atoms with Crippen LogP contribution in [-0.4, -0.2) is 4.57 Å². The number of nitrogens with zero attached hydrogens (tertiary/aromatic N) is 2. The summed E-state index contributed by atoms with van der Waals surface area (Å²) < 4.78 is 2.48. The van der Waals surface area contributed by atoms with Crippen LogP contribution in [0.25, 0.3) is 71.6 Å². The molecule has 1 aliphatic rings. The maximum atomic E-state index is 2.48. The van der Waals surface area contributed by atoms with Crippen molar-refractivity contribution in [2.45, 2.75) is 5.41 Å². The summed E-state index contributed by atoms with van der Waals surface area (Å²) in [6, 6.07) is 98.0. The summed E-state index contributed by atoms with van der Waals surface area (Å²) in [4.78, 5) is 2.40. The quantitative estimate of drug-likeness (QED) is 0.148. The third kappa shape index (κ3) is 6.11. The number of hydrogen-bond acceptors (Lipinski definition) is 1. The van der Waals surface area contributed by atoms with Crippen molar-refractivity contribution in [2.75, 3.05) is 4.90 Å². The molecule has 1 aromatic heterocycles. The van der Waals surface area contributed by atoms with E-state index >= 15 is 0 Å². The van der Waals surface area contributed by atoms with Gasteiger partial charge in [0.25, 0.3) is 0 Å². The van der Waals surface area contributed by atoms with Crippen LogP contribution in [0.15, 0.2) is 267 Å². The molecule has 11 aromatic carbocycles. The van der Waals surface area contributed by atoms with Gasteiger partial charge in [-0.2, -0.15) is 0 Å². The Balaban J connectivity index is 0.945. The molecule has 2 heteroatoms. The van der Waals surface area contributed by atoms with Gasteiger partial charge in [0, 0.05) is 33.1 Å². The maximum Gasteiger partial charge on any atom is 0.0714 e. The maximum absolute atomic E-state index is 2.48. The number of benzene rings is 11. The predicted molar refractivity (Wildman–Crippen MR) is 281 cm³/mol. The van der Waals surface area contributed by atoms with Gasteiger partial charge in [-0.25, -0.2) is 0 Å². The highest BCUT2D eigenvalue weighted by Gasteiger charge is 2.46. The number of hydrogen-bond donors (Lipinski definition) is 0. The highest BCUT2D eigenvalue weighted by molar-refractivity contribution is 6.10. The van der Waals surface area contributed by atoms with Crippen molar-refractivity contribution in [3.05, 3.63) is 289 Å². The van der Waals surface area contributed by atoms with E-state index in [4.69, 9.17) is 0 Å². The van der Waals surface area contributed by atoms with Gasteiger partial charge in [-0.3, -0.25) is 0 Å². The molecule has 0 saturated carbocycles. The van der Waals surface area contributed by atoms with Crippen molar-refractivity contribution in [3.8, 4) is 39.1 Å². The Hall–Kier alpha value is -8.72. The van der Waals surface area contributed by atoms with E-state index in [1.54, 1.807) is 0 Å². The fourth-order valence-electron chi connectivity index (χ4n) is 11.1. The molecule has 0 unspecified atom stereocenters. The summed E-state index contributed by atoms with van der Waals surface area (Å²) in [6.45, 7) is 0. The highest BCUT2D eigenvalue weighted by atomic mass is 15.1. The van der Waals surface area contributed by atoms with Crippen LogP contribution < -0.4 is 4.90 Å². The Kier molecular flexibility index (Phi) is 9.11. The average Bonchev–Trinajstić information content (AvgIpc) is 3.90. The Morgan fingerprint density at radius 1 is 0.313 bits per heavy atom. The smallest absolute Gasteiger partial charge is 0.0714 e. The molecule has 1 aliphatic carbocycles. The standard InChI is InChI=1S/C65H44N2/c1-4-21-49(22-5-1)65(50-23-6-2-7-24-50)59-31-15-12-29-55(59)56-42-40-52(44-60(56)65)67-63-33-17-14-30-57(63)58-41-39-48(43-64(58)67)45-35-37-47(38-36-45)54-28-13-16-32-61(54)66(51-25-8-3-9-26-51)62-34-18-20-46-19-10-11-27-53(46)62/h1-44H. The molecule has 67 heavy (non-hydrogen) atoms. The highest BCUT2D eigenvalue weighted by Crippen LogP contribution is 2.56. The van der Waals surface area contributed by atoms with Gasteiger partial charge >= 0.3 is 0 Å². The minimum absolute atomic E-state index is 0.484. The molecule has 12 aromatic rings. The minimum atomic E-state index is -0.484. The summed E-state index contributed by atoms with van der Waals surface area (Å²) in [7, 11) is 0. The van der Waals surface area contributed by atoms with Crippen LogP contribution in [0, 0.1) is 0 Å². The molecule has 0 spiro atoms. The van der Waals surface area contributed by atoms with E-state index in [-0.39, 0.29) is 0 Å². The van der Waals surface area contributed by atoms with Gasteiger partial charge in [0.05, 0.1) is 27.8 Å². The van der Waals surface area contributed by atoms with E-state index in [1.807, 2.05) is 0 Å². The molecular formula is C65H44N2. The number of rotatable bonds is 8. The lowest BCUT2D eigenvalue weighted by Gasteiger charge is -2.34. The van der Waals surface area contributed by atoms with Crippen LogP contribution in [0.3, 0.4) is 0 Å². The lowest BCUT2D eigenvalue weighted by molar-refractivity contribution is 0.767. The van der Waals surface area contributed by atoms with Crippen LogP contribution in [0.1, 0.15) is 22.3 Å². The molecule has 13 rings (SSSR count). The van der Waals surface area contributed by atoms with Crippen LogP contribution in [0.2, 0.25) is 0 Å². The van der Waals surface area contributed by atoms with Gasteiger partial charge in [0.1, 0.15) is 0 Å². The first-order chi connectivity index (χ1) is 33.3. The molecule has 0 N–H and O–H groups in total. The number of fused-ring (bicyclic) bond motifs is 7. The largest absolute Gasteiger partial charge is 0.309 e. The van der Waals surface area contributed by atoms with E-state index < -0.39 is 5.41 Å². The zero-order chi connectivity index (χ0) is 44.3. The van der Waals surface area contributed by atoms with Crippen molar-refractivity contribution in [1.29, 1.82) is 0 Å². The summed E-state index contributed by atoms with van der Waals surface area (Å²) >= 11 is 0. The summed E-state index contributed by atoms with van der Waals surface area (Å²) in [6.07, 6.45) is 0. The zero-order valence-corrected chi connectivity index (χ0v) is 36.8. The molecule has 1 heterocycles. The molecule has 0 amide bonds. The monoisotopic (exact) mass is 852 g/mol. The summed E-state index contributed by atoms with van der Waals surface area (Å²) in [5, 5.41) is 4.91. The Morgan fingerprint density at radius 3 is 1.64 bits per heavy atom. The fraction of sp³-hybridized carbons (Fsp3) is 0.0154. The molecule has 0 aliphatic heterocycles. The third-order valence-corrected chi connectivity index (χ3v) is 14.1. The zero-order valence-electron chi connectivity index (χ0n) is 36.8. The van der Waals surface area contributed by atoms with Gasteiger partial charge < -0.3 is 9.47 Å². The molecule has 2 nitrogen and oxygen atoms in total. The number of anilines is 3. The minimum Gasteiger partial charge on any atom is -0.309 e. The van der Waals surface area contributed by atoms with Gasteiger partial charge in [-0.15, -0.1) is 0 Å². The lowest BCUT2D eigenvalue weighted by Crippen LogP contribution is -2.28. The van der Waals surface area contributed by atoms with Gasteiger partial charge in [0.15, 0.2) is 0 Å². The van der Waals surface area contributed by atoms with Crippen molar-refractivity contribution in [1.82, 2.24) is 4.57 Å². The molecular weight excluding hydrogens is 809 g/mol. The normalized spacial score (nSPS) is 12.6. The van der Waals surface area contributed by atoms with E-state index in [0.717, 1.165) is 28.3 Å². The first kappa shape index (κ1) is 38.7. The van der Waals surface area contributed by atoms with Crippen molar-refractivity contribution >= 4 is 49.6 Å². The van der Waals surface area contributed by atoms with Gasteiger partial charge in [-0.1, -0.05) is 218 Å². The van der Waals surface area contributed by atoms with Crippen LogP contribution in [-0.2, 0) is 5.41 Å². The summed E-state index contributed by atoms with van der Waals surface area (Å²) in [5.41, 5.74) is 18.8. The second-order valence-electron chi connectivity index (χ2n) is 17.6. The molecule has 0 saturated heterocycles. The van der Waals surface area contributed by atoms with E-state index in [2.05, 4.69) is 276 Å². The SMILES string of the molecule is c1ccc(N(c2ccccc2-c2ccc(-c3ccc4c5ccccc5n(-c5ccc6c(c5)C(c5ccccc5)(c5ccccc5)c5ccccc5-6)c4c3)cc2)c2cccc3ccccc23)cc1. The van der Waals surface area contributed by atoms with Crippen LogP contribution in [0.5, 0.6) is 0 Å². The molecule has 0 fully saturated rings. The van der Waals surface area contributed by atoms with Crippen molar-refractivity contribution < 1.29 is 0 Å². The Labute approximate surface area is 390 Å². The predicted octanol–water partition coefficient (Wildman–Crippen LogP) is 17.1. The molecule has 0 atom stereocenters. The summed E-state index contributed by atoms with van der Waals surface area (Å²) in [5.74, 6) is 0. The average molecular weight is 853 g/mol.